The molecule has 1 aliphatic heterocycles. The monoisotopic (exact) mass is 398 g/mol. The van der Waals surface area contributed by atoms with Gasteiger partial charge in [-0.3, -0.25) is 19.5 Å². The summed E-state index contributed by atoms with van der Waals surface area (Å²) in [5.41, 5.74) is 0.730. The number of carbonyl (C=O) groups is 3. The largest absolute Gasteiger partial charge is 0.352 e. The molecule has 1 aliphatic carbocycles. The van der Waals surface area contributed by atoms with Gasteiger partial charge in [0.2, 0.25) is 0 Å². The number of pyridine rings is 1. The number of benzene rings is 1. The number of urea groups is 1. The second-order valence-electron chi connectivity index (χ2n) is 7.74. The predicted octanol–water partition coefficient (Wildman–Crippen LogP) is 2.67. The average Bonchev–Trinajstić information content (AvgIpc) is 3.24. The van der Waals surface area contributed by atoms with Crippen LogP contribution in [0.2, 0.25) is 0 Å². The standard InChI is InChI=1S/C21H23FN4O3/c1-13-16(11-14-5-6-15(22)12-17(14)24-13)18(27)23-9-4-10-26-19(28)21(25-20(26)29)7-2-3-8-21/h5-6,11-12H,2-4,7-10H2,1H3,(H,23,27)(H,25,29). The molecular weight excluding hydrogens is 375 g/mol. The van der Waals surface area contributed by atoms with Crippen LogP contribution in [0.15, 0.2) is 24.3 Å². The summed E-state index contributed by atoms with van der Waals surface area (Å²) in [6.45, 7) is 2.29. The van der Waals surface area contributed by atoms with Gasteiger partial charge in [-0.05, 0) is 44.4 Å². The van der Waals surface area contributed by atoms with Crippen LogP contribution in [0.25, 0.3) is 10.9 Å². The Morgan fingerprint density at radius 1 is 1.28 bits per heavy atom. The summed E-state index contributed by atoms with van der Waals surface area (Å²) < 4.78 is 13.3. The number of amides is 4. The van der Waals surface area contributed by atoms with Crippen LogP contribution < -0.4 is 10.6 Å². The molecule has 4 rings (SSSR count). The molecule has 2 aliphatic rings. The lowest BCUT2D eigenvalue weighted by atomic mass is 9.98. The van der Waals surface area contributed by atoms with E-state index in [9.17, 15) is 18.8 Å². The second kappa shape index (κ2) is 7.42. The van der Waals surface area contributed by atoms with Crippen molar-refractivity contribution in [3.05, 3.63) is 41.3 Å². The number of halogens is 1. The van der Waals surface area contributed by atoms with Crippen molar-refractivity contribution in [2.75, 3.05) is 13.1 Å². The first-order valence-corrected chi connectivity index (χ1v) is 9.89. The highest BCUT2D eigenvalue weighted by atomic mass is 19.1. The Balaban J connectivity index is 1.34. The van der Waals surface area contributed by atoms with Crippen molar-refractivity contribution in [3.63, 3.8) is 0 Å². The van der Waals surface area contributed by atoms with E-state index in [0.29, 0.717) is 48.0 Å². The molecule has 0 radical (unpaired) electrons. The van der Waals surface area contributed by atoms with Crippen molar-refractivity contribution >= 4 is 28.7 Å². The number of aryl methyl sites for hydroxylation is 1. The number of nitrogens with zero attached hydrogens (tertiary/aromatic N) is 2. The fourth-order valence-electron chi connectivity index (χ4n) is 4.20. The van der Waals surface area contributed by atoms with Crippen LogP contribution >= 0.6 is 0 Å². The lowest BCUT2D eigenvalue weighted by molar-refractivity contribution is -0.131. The molecule has 2 aromatic rings. The predicted molar refractivity (Wildman–Crippen MR) is 105 cm³/mol. The zero-order chi connectivity index (χ0) is 20.6. The van der Waals surface area contributed by atoms with Crippen LogP contribution in [0.5, 0.6) is 0 Å². The third kappa shape index (κ3) is 3.54. The first-order chi connectivity index (χ1) is 13.9. The van der Waals surface area contributed by atoms with E-state index in [2.05, 4.69) is 15.6 Å². The lowest BCUT2D eigenvalue weighted by Crippen LogP contribution is -2.44. The number of nitrogens with one attached hydrogen (secondary N) is 2. The van der Waals surface area contributed by atoms with Gasteiger partial charge < -0.3 is 10.6 Å². The summed E-state index contributed by atoms with van der Waals surface area (Å²) in [4.78, 5) is 42.8. The Morgan fingerprint density at radius 3 is 2.79 bits per heavy atom. The Hall–Kier alpha value is -3.03. The summed E-state index contributed by atoms with van der Waals surface area (Å²) in [6, 6.07) is 5.60. The molecule has 1 saturated carbocycles. The Kier molecular flexibility index (Phi) is 4.94. The molecule has 1 aromatic heterocycles. The zero-order valence-corrected chi connectivity index (χ0v) is 16.3. The summed E-state index contributed by atoms with van der Waals surface area (Å²) in [5, 5.41) is 6.34. The highest BCUT2D eigenvalue weighted by Gasteiger charge is 2.51. The molecule has 0 unspecified atom stereocenters. The average molecular weight is 398 g/mol. The van der Waals surface area contributed by atoms with Crippen LogP contribution in [-0.2, 0) is 4.79 Å². The van der Waals surface area contributed by atoms with Crippen LogP contribution in [0, 0.1) is 12.7 Å². The van der Waals surface area contributed by atoms with Gasteiger partial charge in [0, 0.05) is 24.5 Å². The van der Waals surface area contributed by atoms with Gasteiger partial charge in [-0.15, -0.1) is 0 Å². The third-order valence-electron chi connectivity index (χ3n) is 5.76. The van der Waals surface area contributed by atoms with Crippen molar-refractivity contribution in [3.8, 4) is 0 Å². The smallest absolute Gasteiger partial charge is 0.325 e. The Bertz CT molecular complexity index is 1000. The fraction of sp³-hybridized carbons (Fsp3) is 0.429. The van der Waals surface area contributed by atoms with E-state index < -0.39 is 5.54 Å². The molecule has 2 N–H and O–H groups in total. The molecule has 2 fully saturated rings. The van der Waals surface area contributed by atoms with Crippen molar-refractivity contribution in [2.45, 2.75) is 44.6 Å². The van der Waals surface area contributed by atoms with Crippen LogP contribution in [0.3, 0.4) is 0 Å². The number of carbonyl (C=O) groups excluding carboxylic acids is 3. The van der Waals surface area contributed by atoms with Crippen molar-refractivity contribution in [1.29, 1.82) is 0 Å². The topological polar surface area (TPSA) is 91.4 Å². The van der Waals surface area contributed by atoms with Gasteiger partial charge in [-0.25, -0.2) is 9.18 Å². The lowest BCUT2D eigenvalue weighted by Gasteiger charge is -2.20. The van der Waals surface area contributed by atoms with Crippen LogP contribution in [-0.4, -0.2) is 46.4 Å². The SMILES string of the molecule is Cc1nc2cc(F)ccc2cc1C(=O)NCCCN1C(=O)NC2(CCCC2)C1=O. The minimum Gasteiger partial charge on any atom is -0.352 e. The molecule has 4 amide bonds. The number of hydrogen-bond acceptors (Lipinski definition) is 4. The molecule has 2 heterocycles. The van der Waals surface area contributed by atoms with E-state index >= 15 is 0 Å². The van der Waals surface area contributed by atoms with Crippen LogP contribution in [0.1, 0.15) is 48.2 Å². The highest BCUT2D eigenvalue weighted by molar-refractivity contribution is 6.07. The number of imide groups is 1. The van der Waals surface area contributed by atoms with Crippen molar-refractivity contribution in [2.24, 2.45) is 0 Å². The van der Waals surface area contributed by atoms with Gasteiger partial charge in [-0.1, -0.05) is 12.8 Å². The molecule has 1 saturated heterocycles. The van der Waals surface area contributed by atoms with Gasteiger partial charge in [-0.2, -0.15) is 0 Å². The number of fused-ring (bicyclic) bond motifs is 1. The normalized spacial score (nSPS) is 17.9. The molecule has 1 spiro atoms. The van der Waals surface area contributed by atoms with Gasteiger partial charge in [0.15, 0.2) is 0 Å². The minimum absolute atomic E-state index is 0.145. The molecule has 8 heteroatoms. The van der Waals surface area contributed by atoms with Gasteiger partial charge in [0.25, 0.3) is 11.8 Å². The maximum Gasteiger partial charge on any atom is 0.325 e. The van der Waals surface area contributed by atoms with Gasteiger partial charge in [0.1, 0.15) is 11.4 Å². The number of hydrogen-bond donors (Lipinski definition) is 2. The highest BCUT2D eigenvalue weighted by Crippen LogP contribution is 2.35. The van der Waals surface area contributed by atoms with Crippen LogP contribution in [0.4, 0.5) is 9.18 Å². The summed E-state index contributed by atoms with van der Waals surface area (Å²) in [5.74, 6) is -0.805. The van der Waals surface area contributed by atoms with E-state index in [4.69, 9.17) is 0 Å². The van der Waals surface area contributed by atoms with E-state index in [1.165, 1.54) is 17.0 Å². The maximum absolute atomic E-state index is 13.3. The molecule has 7 nitrogen and oxygen atoms in total. The molecule has 0 bridgehead atoms. The molecule has 29 heavy (non-hydrogen) atoms. The van der Waals surface area contributed by atoms with E-state index in [-0.39, 0.29) is 30.2 Å². The van der Waals surface area contributed by atoms with E-state index in [1.807, 2.05) is 0 Å². The second-order valence-corrected chi connectivity index (χ2v) is 7.74. The first kappa shape index (κ1) is 19.3. The summed E-state index contributed by atoms with van der Waals surface area (Å²) in [7, 11) is 0. The fourth-order valence-corrected chi connectivity index (χ4v) is 4.20. The molecule has 152 valence electrons. The van der Waals surface area contributed by atoms with E-state index in [1.54, 1.807) is 19.1 Å². The van der Waals surface area contributed by atoms with E-state index in [0.717, 1.165) is 12.8 Å². The summed E-state index contributed by atoms with van der Waals surface area (Å²) >= 11 is 0. The van der Waals surface area contributed by atoms with Crippen molar-refractivity contribution < 1.29 is 18.8 Å². The number of rotatable bonds is 5. The Labute approximate surface area is 167 Å². The third-order valence-corrected chi connectivity index (χ3v) is 5.76. The molecule has 1 aromatic carbocycles. The van der Waals surface area contributed by atoms with Crippen molar-refractivity contribution in [1.82, 2.24) is 20.5 Å². The molecular formula is C21H23FN4O3. The summed E-state index contributed by atoms with van der Waals surface area (Å²) in [6.07, 6.45) is 3.75. The quantitative estimate of drug-likeness (QED) is 0.598. The zero-order valence-electron chi connectivity index (χ0n) is 16.3. The minimum atomic E-state index is -0.701. The molecule has 0 atom stereocenters. The van der Waals surface area contributed by atoms with Gasteiger partial charge in [0.05, 0.1) is 16.8 Å². The Morgan fingerprint density at radius 2 is 2.03 bits per heavy atom. The first-order valence-electron chi connectivity index (χ1n) is 9.89. The number of aromatic nitrogens is 1. The van der Waals surface area contributed by atoms with Gasteiger partial charge >= 0.3 is 6.03 Å². The maximum atomic E-state index is 13.3.